The molecule has 0 radical (unpaired) electrons. The Morgan fingerprint density at radius 2 is 2.41 bits per heavy atom. The van der Waals surface area contributed by atoms with Gasteiger partial charge in [-0.05, 0) is 36.5 Å². The maximum atomic E-state index is 10.8. The average molecular weight is 249 g/mol. The first-order chi connectivity index (χ1) is 8.24. The summed E-state index contributed by atoms with van der Waals surface area (Å²) < 4.78 is 0. The minimum Gasteiger partial charge on any atom is -0.481 e. The number of hydrogen-bond donors (Lipinski definition) is 2. The fraction of sp³-hybridized carbons (Fsp3) is 0.462. The van der Waals surface area contributed by atoms with Crippen LogP contribution in [0.5, 0.6) is 0 Å². The molecule has 0 saturated heterocycles. The standard InChI is InChI=1S/C13H15NO2S/c15-13(16)10-7-9(10)5-8-1-2-12-11(6-8)14-3-4-17-12/h1-2,6,9-10,14H,3-5,7H2,(H,15,16). The number of aliphatic carboxylic acids is 1. The second kappa shape index (κ2) is 4.26. The molecule has 0 amide bonds. The van der Waals surface area contributed by atoms with Crippen LogP contribution in [-0.4, -0.2) is 23.4 Å². The van der Waals surface area contributed by atoms with Crippen molar-refractivity contribution in [1.29, 1.82) is 0 Å². The Labute approximate surface area is 105 Å². The van der Waals surface area contributed by atoms with Crippen LogP contribution in [0.25, 0.3) is 0 Å². The minimum atomic E-state index is -0.637. The highest BCUT2D eigenvalue weighted by Crippen LogP contribution is 2.42. The molecule has 1 saturated carbocycles. The van der Waals surface area contributed by atoms with Gasteiger partial charge in [0.25, 0.3) is 0 Å². The molecule has 0 spiro atoms. The number of carboxylic acids is 1. The Morgan fingerprint density at radius 3 is 3.18 bits per heavy atom. The first-order valence-electron chi connectivity index (χ1n) is 5.96. The van der Waals surface area contributed by atoms with Crippen LogP contribution < -0.4 is 5.32 Å². The summed E-state index contributed by atoms with van der Waals surface area (Å²) in [4.78, 5) is 12.1. The van der Waals surface area contributed by atoms with Gasteiger partial charge in [0.15, 0.2) is 0 Å². The maximum Gasteiger partial charge on any atom is 0.306 e. The molecular formula is C13H15NO2S. The van der Waals surface area contributed by atoms with E-state index in [-0.39, 0.29) is 5.92 Å². The van der Waals surface area contributed by atoms with Crippen LogP contribution in [0.15, 0.2) is 23.1 Å². The lowest BCUT2D eigenvalue weighted by Gasteiger charge is -2.18. The SMILES string of the molecule is O=C(O)C1CC1Cc1ccc2c(c1)NCCS2. The predicted molar refractivity (Wildman–Crippen MR) is 68.6 cm³/mol. The molecule has 1 aliphatic carbocycles. The summed E-state index contributed by atoms with van der Waals surface area (Å²) in [5.41, 5.74) is 2.47. The van der Waals surface area contributed by atoms with Crippen LogP contribution in [0.2, 0.25) is 0 Å². The van der Waals surface area contributed by atoms with Gasteiger partial charge in [0.05, 0.1) is 5.92 Å². The smallest absolute Gasteiger partial charge is 0.306 e. The molecule has 2 aliphatic rings. The first-order valence-corrected chi connectivity index (χ1v) is 6.95. The molecule has 4 heteroatoms. The van der Waals surface area contributed by atoms with Crippen molar-refractivity contribution in [3.05, 3.63) is 23.8 Å². The zero-order chi connectivity index (χ0) is 11.8. The van der Waals surface area contributed by atoms with Gasteiger partial charge < -0.3 is 10.4 Å². The second-order valence-corrected chi connectivity index (χ2v) is 5.89. The molecule has 3 nitrogen and oxygen atoms in total. The average Bonchev–Trinajstić information content (AvgIpc) is 3.08. The van der Waals surface area contributed by atoms with Crippen molar-refractivity contribution in [3.8, 4) is 0 Å². The van der Waals surface area contributed by atoms with Gasteiger partial charge >= 0.3 is 5.97 Å². The molecule has 1 aromatic rings. The van der Waals surface area contributed by atoms with E-state index in [1.54, 1.807) is 0 Å². The normalized spacial score (nSPS) is 25.9. The number of benzene rings is 1. The summed E-state index contributed by atoms with van der Waals surface area (Å²) in [6.45, 7) is 1.02. The van der Waals surface area contributed by atoms with E-state index in [2.05, 4.69) is 23.5 Å². The third kappa shape index (κ3) is 2.27. The molecule has 17 heavy (non-hydrogen) atoms. The van der Waals surface area contributed by atoms with Crippen molar-refractivity contribution in [3.63, 3.8) is 0 Å². The highest BCUT2D eigenvalue weighted by molar-refractivity contribution is 7.99. The quantitative estimate of drug-likeness (QED) is 0.864. The van der Waals surface area contributed by atoms with Crippen LogP contribution in [0.1, 0.15) is 12.0 Å². The molecule has 1 aromatic carbocycles. The zero-order valence-corrected chi connectivity index (χ0v) is 10.3. The van der Waals surface area contributed by atoms with Gasteiger partial charge in [0, 0.05) is 22.9 Å². The third-order valence-electron chi connectivity index (χ3n) is 3.46. The first kappa shape index (κ1) is 11.0. The molecule has 2 atom stereocenters. The minimum absolute atomic E-state index is 0.103. The molecule has 3 rings (SSSR count). The van der Waals surface area contributed by atoms with Crippen LogP contribution in [0, 0.1) is 11.8 Å². The van der Waals surface area contributed by atoms with Crippen molar-refractivity contribution in [2.24, 2.45) is 11.8 Å². The summed E-state index contributed by atoms with van der Waals surface area (Å²) >= 11 is 1.88. The molecule has 0 bridgehead atoms. The Balaban J connectivity index is 1.70. The summed E-state index contributed by atoms with van der Waals surface area (Å²) in [7, 11) is 0. The Morgan fingerprint density at radius 1 is 1.53 bits per heavy atom. The fourth-order valence-corrected chi connectivity index (χ4v) is 3.27. The van der Waals surface area contributed by atoms with Crippen molar-refractivity contribution in [1.82, 2.24) is 0 Å². The lowest BCUT2D eigenvalue weighted by Crippen LogP contribution is -2.10. The van der Waals surface area contributed by atoms with Gasteiger partial charge in [-0.3, -0.25) is 4.79 Å². The van der Waals surface area contributed by atoms with Gasteiger partial charge in [-0.25, -0.2) is 0 Å². The largest absolute Gasteiger partial charge is 0.481 e. The van der Waals surface area contributed by atoms with Gasteiger partial charge in [-0.1, -0.05) is 6.07 Å². The lowest BCUT2D eigenvalue weighted by molar-refractivity contribution is -0.138. The summed E-state index contributed by atoms with van der Waals surface area (Å²) in [6.07, 6.45) is 1.74. The van der Waals surface area contributed by atoms with Gasteiger partial charge in [-0.2, -0.15) is 0 Å². The van der Waals surface area contributed by atoms with Crippen molar-refractivity contribution in [2.45, 2.75) is 17.7 Å². The lowest BCUT2D eigenvalue weighted by atomic mass is 10.1. The van der Waals surface area contributed by atoms with Crippen LogP contribution >= 0.6 is 11.8 Å². The Hall–Kier alpha value is -1.16. The van der Waals surface area contributed by atoms with E-state index in [0.717, 1.165) is 25.1 Å². The van der Waals surface area contributed by atoms with Crippen LogP contribution in [-0.2, 0) is 11.2 Å². The topological polar surface area (TPSA) is 49.3 Å². The number of carboxylic acid groups (broad SMARTS) is 1. The molecule has 2 unspecified atom stereocenters. The Bertz CT molecular complexity index is 461. The molecule has 1 heterocycles. The van der Waals surface area contributed by atoms with Crippen molar-refractivity contribution >= 4 is 23.4 Å². The van der Waals surface area contributed by atoms with Crippen molar-refractivity contribution in [2.75, 3.05) is 17.6 Å². The Kier molecular flexibility index (Phi) is 2.74. The highest BCUT2D eigenvalue weighted by Gasteiger charge is 2.42. The van der Waals surface area contributed by atoms with E-state index < -0.39 is 5.97 Å². The fourth-order valence-electron chi connectivity index (χ4n) is 2.39. The summed E-state index contributed by atoms with van der Waals surface area (Å²) in [5, 5.41) is 12.3. The molecular weight excluding hydrogens is 234 g/mol. The van der Waals surface area contributed by atoms with E-state index in [1.807, 2.05) is 11.8 Å². The molecule has 2 N–H and O–H groups in total. The zero-order valence-electron chi connectivity index (χ0n) is 9.48. The van der Waals surface area contributed by atoms with E-state index in [0.29, 0.717) is 5.92 Å². The van der Waals surface area contributed by atoms with E-state index in [1.165, 1.54) is 16.1 Å². The molecule has 90 valence electrons. The number of carbonyl (C=O) groups is 1. The number of hydrogen-bond acceptors (Lipinski definition) is 3. The van der Waals surface area contributed by atoms with Gasteiger partial charge in [0.2, 0.25) is 0 Å². The second-order valence-electron chi connectivity index (χ2n) is 4.75. The number of anilines is 1. The van der Waals surface area contributed by atoms with Gasteiger partial charge in [0.1, 0.15) is 0 Å². The van der Waals surface area contributed by atoms with Crippen molar-refractivity contribution < 1.29 is 9.90 Å². The summed E-state index contributed by atoms with van der Waals surface area (Å²) in [6, 6.07) is 6.47. The summed E-state index contributed by atoms with van der Waals surface area (Å²) in [5.74, 6) is 0.729. The number of thioether (sulfide) groups is 1. The van der Waals surface area contributed by atoms with E-state index in [9.17, 15) is 4.79 Å². The molecule has 1 fully saturated rings. The van der Waals surface area contributed by atoms with E-state index in [4.69, 9.17) is 5.11 Å². The molecule has 0 aromatic heterocycles. The van der Waals surface area contributed by atoms with Gasteiger partial charge in [-0.15, -0.1) is 11.8 Å². The number of fused-ring (bicyclic) bond motifs is 1. The predicted octanol–water partition coefficient (Wildman–Crippen LogP) is 2.47. The van der Waals surface area contributed by atoms with Crippen LogP contribution in [0.3, 0.4) is 0 Å². The monoisotopic (exact) mass is 249 g/mol. The molecule has 1 aliphatic heterocycles. The van der Waals surface area contributed by atoms with E-state index >= 15 is 0 Å². The number of rotatable bonds is 3. The van der Waals surface area contributed by atoms with Crippen LogP contribution in [0.4, 0.5) is 5.69 Å². The number of nitrogens with one attached hydrogen (secondary N) is 1. The highest BCUT2D eigenvalue weighted by atomic mass is 32.2. The maximum absolute atomic E-state index is 10.8. The third-order valence-corrected chi connectivity index (χ3v) is 4.53.